The van der Waals surface area contributed by atoms with E-state index >= 15 is 0 Å². The van der Waals surface area contributed by atoms with Gasteiger partial charge >= 0.3 is 6.11 Å². The van der Waals surface area contributed by atoms with Gasteiger partial charge in [-0.25, -0.2) is 4.98 Å². The molecule has 3 fully saturated rings. The third-order valence-corrected chi connectivity index (χ3v) is 6.42. The van der Waals surface area contributed by atoms with E-state index in [1.54, 1.807) is 6.20 Å². The zero-order chi connectivity index (χ0) is 21.2. The fourth-order valence-corrected chi connectivity index (χ4v) is 4.81. The molecule has 2 aromatic heterocycles. The molecule has 0 amide bonds. The average Bonchev–Trinajstić information content (AvgIpc) is 2.97. The molecular formula is C21H27F2N5O2. The van der Waals surface area contributed by atoms with E-state index in [1.165, 1.54) is 11.8 Å². The maximum Gasteiger partial charge on any atom is 0.395 e. The minimum Gasteiger partial charge on any atom is -0.429 e. The molecule has 2 aliphatic heterocycles. The van der Waals surface area contributed by atoms with E-state index in [1.807, 2.05) is 0 Å². The van der Waals surface area contributed by atoms with Gasteiger partial charge in [-0.2, -0.15) is 13.9 Å². The van der Waals surface area contributed by atoms with Gasteiger partial charge in [-0.15, -0.1) is 0 Å². The summed E-state index contributed by atoms with van der Waals surface area (Å²) < 4.78 is 38.7. The number of hydrogen-bond acceptors (Lipinski definition) is 6. The van der Waals surface area contributed by atoms with E-state index in [0.717, 1.165) is 26.3 Å². The Bertz CT molecular complexity index is 941. The number of piperidine rings is 1. The molecule has 9 heteroatoms. The van der Waals surface area contributed by atoms with E-state index in [-0.39, 0.29) is 17.6 Å². The summed E-state index contributed by atoms with van der Waals surface area (Å²) in [7, 11) is 0. The van der Waals surface area contributed by atoms with Gasteiger partial charge in [0, 0.05) is 49.4 Å². The van der Waals surface area contributed by atoms with Crippen LogP contribution in [0.15, 0.2) is 18.3 Å². The van der Waals surface area contributed by atoms with Gasteiger partial charge < -0.3 is 15.2 Å². The van der Waals surface area contributed by atoms with Crippen LogP contribution in [-0.4, -0.2) is 58.1 Å². The first-order valence-corrected chi connectivity index (χ1v) is 10.4. The lowest BCUT2D eigenvalue weighted by Gasteiger charge is -2.35. The highest BCUT2D eigenvalue weighted by Crippen LogP contribution is 2.59. The van der Waals surface area contributed by atoms with Crippen molar-refractivity contribution in [3.63, 3.8) is 0 Å². The molecule has 2 saturated heterocycles. The summed E-state index contributed by atoms with van der Waals surface area (Å²) in [5, 5.41) is 4.78. The SMILES string of the molecule is CC(C)n1nc(-c2cnc(N)c(OC(C)(F)F)c2)cc1[C@@H]1[C@@H]2CN(C3COC3)C[C@@H]21. The molecule has 0 unspecified atom stereocenters. The van der Waals surface area contributed by atoms with Crippen molar-refractivity contribution < 1.29 is 18.3 Å². The van der Waals surface area contributed by atoms with Crippen molar-refractivity contribution in [3.05, 3.63) is 24.0 Å². The van der Waals surface area contributed by atoms with Crippen LogP contribution in [0.25, 0.3) is 11.3 Å². The average molecular weight is 419 g/mol. The van der Waals surface area contributed by atoms with Crippen molar-refractivity contribution in [2.24, 2.45) is 11.8 Å². The summed E-state index contributed by atoms with van der Waals surface area (Å²) in [6.45, 7) is 8.79. The Kier molecular flexibility index (Phi) is 4.52. The normalized spacial score (nSPS) is 26.7. The van der Waals surface area contributed by atoms with Crippen LogP contribution in [0.3, 0.4) is 0 Å². The number of hydrogen-bond donors (Lipinski definition) is 1. The molecule has 4 heterocycles. The predicted octanol–water partition coefficient (Wildman–Crippen LogP) is 3.14. The molecule has 0 radical (unpaired) electrons. The van der Waals surface area contributed by atoms with Crippen LogP contribution in [-0.2, 0) is 4.74 Å². The molecule has 3 atom stereocenters. The van der Waals surface area contributed by atoms with Crippen molar-refractivity contribution in [3.8, 4) is 17.0 Å². The number of ether oxygens (including phenoxy) is 2. The molecule has 30 heavy (non-hydrogen) atoms. The molecule has 0 spiro atoms. The van der Waals surface area contributed by atoms with Crippen LogP contribution >= 0.6 is 0 Å². The van der Waals surface area contributed by atoms with Gasteiger partial charge in [0.15, 0.2) is 11.6 Å². The Morgan fingerprint density at radius 2 is 1.93 bits per heavy atom. The van der Waals surface area contributed by atoms with Gasteiger partial charge in [0.2, 0.25) is 0 Å². The zero-order valence-corrected chi connectivity index (χ0v) is 17.4. The molecular weight excluding hydrogens is 392 g/mol. The highest BCUT2D eigenvalue weighted by atomic mass is 19.3. The summed E-state index contributed by atoms with van der Waals surface area (Å²) in [5.41, 5.74) is 8.24. The maximum absolute atomic E-state index is 13.3. The number of likely N-dealkylation sites (tertiary alicyclic amines) is 1. The lowest BCUT2D eigenvalue weighted by molar-refractivity contribution is -0.158. The van der Waals surface area contributed by atoms with Crippen LogP contribution < -0.4 is 10.5 Å². The summed E-state index contributed by atoms with van der Waals surface area (Å²) in [4.78, 5) is 6.58. The van der Waals surface area contributed by atoms with E-state index in [4.69, 9.17) is 15.6 Å². The molecule has 2 N–H and O–H groups in total. The lowest BCUT2D eigenvalue weighted by atomic mass is 10.1. The van der Waals surface area contributed by atoms with Crippen LogP contribution in [0.1, 0.15) is 38.4 Å². The van der Waals surface area contributed by atoms with Crippen molar-refractivity contribution in [2.45, 2.75) is 44.9 Å². The molecule has 0 aromatic carbocycles. The van der Waals surface area contributed by atoms with E-state index in [0.29, 0.717) is 42.0 Å². The summed E-state index contributed by atoms with van der Waals surface area (Å²) in [6.07, 6.45) is -1.78. The Labute approximate surface area is 174 Å². The molecule has 162 valence electrons. The summed E-state index contributed by atoms with van der Waals surface area (Å²) in [6, 6.07) is 4.34. The van der Waals surface area contributed by atoms with Gasteiger partial charge in [-0.05, 0) is 37.8 Å². The van der Waals surface area contributed by atoms with Crippen molar-refractivity contribution >= 4 is 5.82 Å². The Morgan fingerprint density at radius 1 is 1.23 bits per heavy atom. The number of aromatic nitrogens is 3. The second-order valence-electron chi connectivity index (χ2n) is 9.01. The first-order valence-electron chi connectivity index (χ1n) is 10.4. The largest absolute Gasteiger partial charge is 0.429 e. The van der Waals surface area contributed by atoms with Gasteiger partial charge in [0.1, 0.15) is 0 Å². The number of nitrogen functional groups attached to an aromatic ring is 1. The number of rotatable bonds is 6. The van der Waals surface area contributed by atoms with E-state index in [2.05, 4.69) is 39.2 Å². The Balaban J connectivity index is 1.40. The van der Waals surface area contributed by atoms with Gasteiger partial charge in [0.05, 0.1) is 24.9 Å². The number of fused-ring (bicyclic) bond motifs is 1. The number of nitrogens with zero attached hydrogens (tertiary/aromatic N) is 4. The summed E-state index contributed by atoms with van der Waals surface area (Å²) >= 11 is 0. The number of alkyl halides is 2. The predicted molar refractivity (Wildman–Crippen MR) is 107 cm³/mol. The highest BCUT2D eigenvalue weighted by molar-refractivity contribution is 5.64. The molecule has 1 saturated carbocycles. The number of halogens is 2. The maximum atomic E-state index is 13.3. The van der Waals surface area contributed by atoms with Crippen molar-refractivity contribution in [1.82, 2.24) is 19.7 Å². The molecule has 1 aliphatic carbocycles. The molecule has 2 aromatic rings. The van der Waals surface area contributed by atoms with Crippen LogP contribution in [0.5, 0.6) is 5.75 Å². The van der Waals surface area contributed by atoms with Gasteiger partial charge in [-0.1, -0.05) is 0 Å². The number of nitrogens with two attached hydrogens (primary N) is 1. The molecule has 3 aliphatic rings. The third-order valence-electron chi connectivity index (χ3n) is 6.42. The van der Waals surface area contributed by atoms with Crippen molar-refractivity contribution in [1.29, 1.82) is 0 Å². The molecule has 0 bridgehead atoms. The molecule has 5 rings (SSSR count). The quantitative estimate of drug-likeness (QED) is 0.775. The topological polar surface area (TPSA) is 78.4 Å². The van der Waals surface area contributed by atoms with E-state index < -0.39 is 6.11 Å². The number of pyridine rings is 1. The smallest absolute Gasteiger partial charge is 0.395 e. The van der Waals surface area contributed by atoms with E-state index in [9.17, 15) is 8.78 Å². The third kappa shape index (κ3) is 3.43. The Morgan fingerprint density at radius 3 is 2.50 bits per heavy atom. The standard InChI is InChI=1S/C21H27F2N5O2/c1-11(2)28-17(19-14-7-27(8-15(14)19)13-9-29-10-13)5-16(26-28)12-4-18(20(24)25-6-12)30-21(3,22)23/h4-6,11,13-15,19H,7-10H2,1-3H3,(H2,24,25)/t14-,15+,19-. The first kappa shape index (κ1) is 19.7. The highest BCUT2D eigenvalue weighted by Gasteiger charge is 2.58. The van der Waals surface area contributed by atoms with Crippen LogP contribution in [0.4, 0.5) is 14.6 Å². The van der Waals surface area contributed by atoms with Crippen molar-refractivity contribution in [2.75, 3.05) is 32.0 Å². The molecule has 7 nitrogen and oxygen atoms in total. The van der Waals surface area contributed by atoms with Gasteiger partial charge in [-0.3, -0.25) is 9.58 Å². The van der Waals surface area contributed by atoms with Crippen LogP contribution in [0.2, 0.25) is 0 Å². The van der Waals surface area contributed by atoms with Gasteiger partial charge in [0.25, 0.3) is 0 Å². The lowest BCUT2D eigenvalue weighted by Crippen LogP contribution is -2.48. The summed E-state index contributed by atoms with van der Waals surface area (Å²) in [5.74, 6) is 1.58. The number of anilines is 1. The fourth-order valence-electron chi connectivity index (χ4n) is 4.81. The second kappa shape index (κ2) is 6.88. The fraction of sp³-hybridized carbons (Fsp3) is 0.619. The van der Waals surface area contributed by atoms with Crippen LogP contribution in [0, 0.1) is 11.8 Å². The minimum atomic E-state index is -3.33. The second-order valence-corrected chi connectivity index (χ2v) is 9.01. The zero-order valence-electron chi connectivity index (χ0n) is 17.4. The Hall–Kier alpha value is -2.26. The minimum absolute atomic E-state index is 0.0689. The first-order chi connectivity index (χ1) is 14.2. The monoisotopic (exact) mass is 419 g/mol.